The monoisotopic (exact) mass is 536 g/mol. The Balaban J connectivity index is 1.45. The molecule has 5 saturated carbocycles. The van der Waals surface area contributed by atoms with Crippen LogP contribution in [0.5, 0.6) is 0 Å². The Hall–Kier alpha value is -0.730. The summed E-state index contributed by atoms with van der Waals surface area (Å²) in [6, 6.07) is 0. The minimum absolute atomic E-state index is 0.0539. The van der Waals surface area contributed by atoms with E-state index in [-0.39, 0.29) is 52.9 Å². The number of hydrogen-bond donors (Lipinski definition) is 6. The van der Waals surface area contributed by atoms with Crippen LogP contribution in [0.2, 0.25) is 0 Å². The van der Waals surface area contributed by atoms with Crippen molar-refractivity contribution in [3.05, 3.63) is 0 Å². The Bertz CT molecular complexity index is 970. The van der Waals surface area contributed by atoms with Gasteiger partial charge in [-0.2, -0.15) is 0 Å². The summed E-state index contributed by atoms with van der Waals surface area (Å²) in [6.07, 6.45) is 4.08. The summed E-state index contributed by atoms with van der Waals surface area (Å²) >= 11 is 0. The maximum Gasteiger partial charge on any atom is 0.312 e. The molecule has 0 amide bonds. The average Bonchev–Trinajstić information content (AvgIpc) is 3.48. The largest absolute Gasteiger partial charge is 0.481 e. The zero-order valence-corrected chi connectivity index (χ0v) is 24.3. The molecule has 0 aromatic rings. The predicted octanol–water partition coefficient (Wildman–Crippen LogP) is 3.59. The van der Waals surface area contributed by atoms with E-state index < -0.39 is 40.7 Å². The van der Waals surface area contributed by atoms with Crippen molar-refractivity contribution in [2.45, 2.75) is 123 Å². The molecule has 0 bridgehead atoms. The Morgan fingerprint density at radius 3 is 2.18 bits per heavy atom. The van der Waals surface area contributed by atoms with E-state index in [2.05, 4.69) is 20.8 Å². The highest BCUT2D eigenvalue weighted by atomic mass is 16.4. The second kappa shape index (κ2) is 8.64. The van der Waals surface area contributed by atoms with Gasteiger partial charge in [0.15, 0.2) is 0 Å². The van der Waals surface area contributed by atoms with Crippen LogP contribution in [0.1, 0.15) is 99.3 Å². The molecule has 0 unspecified atom stereocenters. The fraction of sp³-hybridized carbons (Fsp3) is 0.968. The lowest BCUT2D eigenvalue weighted by Gasteiger charge is -2.63. The Morgan fingerprint density at radius 2 is 1.61 bits per heavy atom. The molecule has 5 rings (SSSR count). The number of carboxylic acids is 1. The van der Waals surface area contributed by atoms with Crippen LogP contribution in [-0.4, -0.2) is 67.1 Å². The maximum absolute atomic E-state index is 12.5. The van der Waals surface area contributed by atoms with Crippen molar-refractivity contribution in [1.82, 2.24) is 0 Å². The molecule has 2 spiro atoms. The number of fused-ring (bicyclic) bond motifs is 2. The molecular formula is C31H52O7. The molecule has 0 heterocycles. The summed E-state index contributed by atoms with van der Waals surface area (Å²) in [7, 11) is 0. The van der Waals surface area contributed by atoms with Gasteiger partial charge in [0.1, 0.15) is 0 Å². The van der Waals surface area contributed by atoms with Gasteiger partial charge < -0.3 is 30.6 Å². The molecular weight excluding hydrogens is 484 g/mol. The highest BCUT2D eigenvalue weighted by Crippen LogP contribution is 2.89. The minimum Gasteiger partial charge on any atom is -0.481 e. The minimum atomic E-state index is -1.25. The van der Waals surface area contributed by atoms with E-state index in [1.165, 1.54) is 0 Å². The van der Waals surface area contributed by atoms with E-state index in [0.717, 1.165) is 32.1 Å². The molecule has 38 heavy (non-hydrogen) atoms. The summed E-state index contributed by atoms with van der Waals surface area (Å²) in [5.41, 5.74) is -3.21. The van der Waals surface area contributed by atoms with Crippen molar-refractivity contribution in [1.29, 1.82) is 0 Å². The zero-order chi connectivity index (χ0) is 28.3. The lowest BCUT2D eigenvalue weighted by Crippen LogP contribution is -2.63. The molecule has 13 atom stereocenters. The fourth-order valence-corrected chi connectivity index (χ4v) is 11.7. The van der Waals surface area contributed by atoms with Crippen LogP contribution in [0.4, 0.5) is 0 Å². The predicted molar refractivity (Wildman–Crippen MR) is 143 cm³/mol. The molecule has 0 radical (unpaired) electrons. The standard InChI is InChI=1S/C31H52O7/c1-17(2)30(38,16-32)10-9-18(3)24-19(33)14-27(5)20-7-8-21-28(6,25(36)37)22(34)13-23(35)31(21)15-29(20,31)12-11-26(24,27)4/h17-24,32-35,38H,7-16H2,1-6H3,(H,36,37)/t18-,19-,20+,21+,22+,23+,24+,26-,27+,28+,29+,30-,31-/m1/s1. The van der Waals surface area contributed by atoms with Gasteiger partial charge in [0.05, 0.1) is 35.9 Å². The average molecular weight is 537 g/mol. The molecule has 5 fully saturated rings. The van der Waals surface area contributed by atoms with Gasteiger partial charge in [0.25, 0.3) is 0 Å². The third-order valence-corrected chi connectivity index (χ3v) is 14.3. The first-order chi connectivity index (χ1) is 17.5. The number of rotatable bonds is 7. The van der Waals surface area contributed by atoms with Crippen molar-refractivity contribution in [2.75, 3.05) is 6.61 Å². The van der Waals surface area contributed by atoms with Gasteiger partial charge in [-0.15, -0.1) is 0 Å². The number of carboxylic acid groups (broad SMARTS) is 1. The van der Waals surface area contributed by atoms with Gasteiger partial charge in [0.2, 0.25) is 0 Å². The molecule has 7 heteroatoms. The van der Waals surface area contributed by atoms with Crippen LogP contribution in [0.25, 0.3) is 0 Å². The lowest BCUT2D eigenvalue weighted by atomic mass is 9.41. The Labute approximate surface area is 228 Å². The maximum atomic E-state index is 12.5. The van der Waals surface area contributed by atoms with Crippen molar-refractivity contribution < 1.29 is 35.4 Å². The van der Waals surface area contributed by atoms with E-state index in [1.807, 2.05) is 13.8 Å². The first kappa shape index (κ1) is 28.8. The van der Waals surface area contributed by atoms with E-state index >= 15 is 0 Å². The van der Waals surface area contributed by atoms with E-state index in [9.17, 15) is 35.4 Å². The number of aliphatic carboxylic acids is 1. The SMILES string of the molecule is CC(C)[C@](O)(CO)CC[C@@H](C)[C@H]1[C@H](O)C[C@@]2(C)[C@@H]3CC[C@H]4[C@](C)(C(=O)O)[C@@H](O)C[C@H](O)[C@@]45C[C@@]35CC[C@]12C. The van der Waals surface area contributed by atoms with Crippen molar-refractivity contribution in [2.24, 2.45) is 56.7 Å². The smallest absolute Gasteiger partial charge is 0.312 e. The quantitative estimate of drug-likeness (QED) is 0.292. The van der Waals surface area contributed by atoms with E-state index in [1.54, 1.807) is 6.92 Å². The van der Waals surface area contributed by atoms with Gasteiger partial charge in [-0.3, -0.25) is 4.79 Å². The number of hydrogen-bond acceptors (Lipinski definition) is 6. The van der Waals surface area contributed by atoms with Crippen molar-refractivity contribution in [3.63, 3.8) is 0 Å². The van der Waals surface area contributed by atoms with Gasteiger partial charge in [-0.1, -0.05) is 34.6 Å². The van der Waals surface area contributed by atoms with Gasteiger partial charge in [-0.25, -0.2) is 0 Å². The van der Waals surface area contributed by atoms with E-state index in [4.69, 9.17) is 0 Å². The number of carbonyl (C=O) groups is 1. The molecule has 0 aromatic heterocycles. The highest BCUT2D eigenvalue weighted by molar-refractivity contribution is 5.76. The highest BCUT2D eigenvalue weighted by Gasteiger charge is 2.86. The second-order valence-corrected chi connectivity index (χ2v) is 15.5. The first-order valence-electron chi connectivity index (χ1n) is 15.1. The Morgan fingerprint density at radius 1 is 0.974 bits per heavy atom. The molecule has 5 aliphatic carbocycles. The molecule has 0 aliphatic heterocycles. The molecule has 0 aromatic carbocycles. The molecule has 218 valence electrons. The van der Waals surface area contributed by atoms with Crippen LogP contribution in [0.3, 0.4) is 0 Å². The number of aliphatic hydroxyl groups is 5. The second-order valence-electron chi connectivity index (χ2n) is 15.5. The van der Waals surface area contributed by atoms with E-state index in [0.29, 0.717) is 25.2 Å². The van der Waals surface area contributed by atoms with Crippen LogP contribution in [0, 0.1) is 56.7 Å². The van der Waals surface area contributed by atoms with Crippen LogP contribution in [0.15, 0.2) is 0 Å². The summed E-state index contributed by atoms with van der Waals surface area (Å²) in [4.78, 5) is 12.5. The van der Waals surface area contributed by atoms with Crippen LogP contribution < -0.4 is 0 Å². The number of aliphatic hydroxyl groups excluding tert-OH is 4. The lowest BCUT2D eigenvalue weighted by molar-refractivity contribution is -0.210. The van der Waals surface area contributed by atoms with Gasteiger partial charge in [-0.05, 0) is 104 Å². The third kappa shape index (κ3) is 3.23. The molecule has 5 aliphatic rings. The fourth-order valence-electron chi connectivity index (χ4n) is 11.7. The van der Waals surface area contributed by atoms with Gasteiger partial charge >= 0.3 is 5.97 Å². The summed E-state index contributed by atoms with van der Waals surface area (Å²) in [5, 5.41) is 65.0. The van der Waals surface area contributed by atoms with Gasteiger partial charge in [0, 0.05) is 11.8 Å². The summed E-state index contributed by atoms with van der Waals surface area (Å²) < 4.78 is 0. The topological polar surface area (TPSA) is 138 Å². The molecule has 0 saturated heterocycles. The van der Waals surface area contributed by atoms with Crippen LogP contribution >= 0.6 is 0 Å². The van der Waals surface area contributed by atoms with Crippen molar-refractivity contribution in [3.8, 4) is 0 Å². The summed E-state index contributed by atoms with van der Waals surface area (Å²) in [6.45, 7) is 12.2. The first-order valence-corrected chi connectivity index (χ1v) is 15.1. The van der Waals surface area contributed by atoms with Crippen molar-refractivity contribution >= 4 is 5.97 Å². The molecule has 7 nitrogen and oxygen atoms in total. The molecule has 6 N–H and O–H groups in total. The summed E-state index contributed by atoms with van der Waals surface area (Å²) in [5.74, 6) is -0.703. The normalized spacial score (nSPS) is 53.8. The third-order valence-electron chi connectivity index (χ3n) is 14.3. The zero-order valence-electron chi connectivity index (χ0n) is 24.3. The van der Waals surface area contributed by atoms with Crippen LogP contribution in [-0.2, 0) is 4.79 Å². The Kier molecular flexibility index (Phi) is 6.54.